The Kier molecular flexibility index (Phi) is 4.57. The van der Waals surface area contributed by atoms with Crippen molar-refractivity contribution in [2.24, 2.45) is 16.7 Å². The van der Waals surface area contributed by atoms with E-state index in [1.807, 2.05) is 27.7 Å². The van der Waals surface area contributed by atoms with Crippen LogP contribution >= 0.6 is 0 Å². The van der Waals surface area contributed by atoms with E-state index in [0.717, 1.165) is 0 Å². The Morgan fingerprint density at radius 1 is 0.889 bits per heavy atom. The molecule has 1 fully saturated rings. The molecule has 1 aliphatic carbocycles. The molecule has 0 heterocycles. The Morgan fingerprint density at radius 3 is 1.96 bits per heavy atom. The van der Waals surface area contributed by atoms with Crippen molar-refractivity contribution in [3.05, 3.63) is 59.2 Å². The van der Waals surface area contributed by atoms with Crippen molar-refractivity contribution in [1.82, 2.24) is 0 Å². The van der Waals surface area contributed by atoms with E-state index < -0.39 is 52.9 Å². The first-order valence-electron chi connectivity index (χ1n) is 8.58. The molecular weight excluding hydrogens is 360 g/mol. The molecule has 0 saturated heterocycles. The lowest BCUT2D eigenvalue weighted by atomic mass is 10.0. The molecule has 0 radical (unpaired) electrons. The topological polar surface area (TPSA) is 26.3 Å². The summed E-state index contributed by atoms with van der Waals surface area (Å²) in [6, 6.07) is 7.42. The number of esters is 1. The van der Waals surface area contributed by atoms with Crippen LogP contribution < -0.4 is 0 Å². The lowest BCUT2D eigenvalue weighted by Gasteiger charge is -2.13. The summed E-state index contributed by atoms with van der Waals surface area (Å²) in [6.45, 7) is 6.77. The number of benzene rings is 2. The molecule has 0 bridgehead atoms. The second-order valence-electron chi connectivity index (χ2n) is 7.96. The summed E-state index contributed by atoms with van der Waals surface area (Å²) in [7, 11) is 0. The van der Waals surface area contributed by atoms with Gasteiger partial charge in [-0.05, 0) is 16.4 Å². The van der Waals surface area contributed by atoms with Crippen molar-refractivity contribution in [1.29, 1.82) is 0 Å². The monoisotopic (exact) mass is 380 g/mol. The lowest BCUT2D eigenvalue weighted by Crippen LogP contribution is -2.14. The average Bonchev–Trinajstić information content (AvgIpc) is 3.02. The summed E-state index contributed by atoms with van der Waals surface area (Å²) in [5.74, 6) is -7.43. The van der Waals surface area contributed by atoms with E-state index in [4.69, 9.17) is 4.74 Å². The molecule has 0 N–H and O–H groups in total. The molecule has 2 aromatic rings. The van der Waals surface area contributed by atoms with Crippen molar-refractivity contribution in [2.45, 2.75) is 34.3 Å². The van der Waals surface area contributed by atoms with Gasteiger partial charge >= 0.3 is 5.97 Å². The fourth-order valence-electron chi connectivity index (χ4n) is 3.68. The highest BCUT2D eigenvalue weighted by molar-refractivity contribution is 5.79. The number of rotatable bonds is 4. The van der Waals surface area contributed by atoms with Gasteiger partial charge in [-0.15, -0.1) is 0 Å². The Bertz CT molecular complexity index is 890. The van der Waals surface area contributed by atoms with Crippen molar-refractivity contribution in [3.8, 4) is 11.1 Å². The molecule has 1 saturated carbocycles. The van der Waals surface area contributed by atoms with Gasteiger partial charge in [-0.1, -0.05) is 58.0 Å². The predicted molar refractivity (Wildman–Crippen MR) is 92.6 cm³/mol. The minimum absolute atomic E-state index is 0.0587. The lowest BCUT2D eigenvalue weighted by molar-refractivity contribution is -0.148. The molecule has 0 aromatic heterocycles. The van der Waals surface area contributed by atoms with Gasteiger partial charge in [0.2, 0.25) is 0 Å². The summed E-state index contributed by atoms with van der Waals surface area (Å²) >= 11 is 0. The third kappa shape index (κ3) is 2.91. The average molecular weight is 380 g/mol. The summed E-state index contributed by atoms with van der Waals surface area (Å²) in [4.78, 5) is 12.3. The van der Waals surface area contributed by atoms with Gasteiger partial charge in [0, 0.05) is 0 Å². The molecule has 0 unspecified atom stereocenters. The Labute approximate surface area is 155 Å². The maximum absolute atomic E-state index is 14.8. The molecule has 0 spiro atoms. The second-order valence-corrected chi connectivity index (χ2v) is 7.96. The van der Waals surface area contributed by atoms with Gasteiger partial charge in [0.05, 0.1) is 17.0 Å². The zero-order chi connectivity index (χ0) is 20.1. The van der Waals surface area contributed by atoms with Crippen LogP contribution in [0.4, 0.5) is 17.6 Å². The van der Waals surface area contributed by atoms with Crippen LogP contribution in [0.5, 0.6) is 0 Å². The maximum Gasteiger partial charge on any atom is 0.310 e. The quantitative estimate of drug-likeness (QED) is 0.297. The van der Waals surface area contributed by atoms with E-state index in [1.54, 1.807) is 6.07 Å². The maximum atomic E-state index is 14.8. The molecular formula is C21H20F4O2. The zero-order valence-electron chi connectivity index (χ0n) is 15.5. The molecule has 0 amide bonds. The van der Waals surface area contributed by atoms with Crippen LogP contribution in [0.3, 0.4) is 0 Å². The van der Waals surface area contributed by atoms with Crippen LogP contribution in [0.25, 0.3) is 11.1 Å². The van der Waals surface area contributed by atoms with Gasteiger partial charge in [-0.2, -0.15) is 0 Å². The van der Waals surface area contributed by atoms with E-state index in [2.05, 4.69) is 0 Å². The molecule has 2 nitrogen and oxygen atoms in total. The number of halogens is 4. The van der Waals surface area contributed by atoms with E-state index in [-0.39, 0.29) is 16.4 Å². The Morgan fingerprint density at radius 2 is 1.44 bits per heavy atom. The van der Waals surface area contributed by atoms with Crippen LogP contribution in [0.1, 0.15) is 33.3 Å². The smallest absolute Gasteiger partial charge is 0.310 e. The Balaban J connectivity index is 1.93. The first-order chi connectivity index (χ1) is 12.5. The largest absolute Gasteiger partial charge is 0.460 e. The summed E-state index contributed by atoms with van der Waals surface area (Å²) in [6.07, 6.45) is 0. The van der Waals surface area contributed by atoms with Crippen molar-refractivity contribution in [2.75, 3.05) is 0 Å². The van der Waals surface area contributed by atoms with E-state index in [1.165, 1.54) is 24.3 Å². The second kappa shape index (κ2) is 6.36. The van der Waals surface area contributed by atoms with E-state index in [0.29, 0.717) is 0 Å². The highest BCUT2D eigenvalue weighted by Crippen LogP contribution is 2.68. The first-order valence-corrected chi connectivity index (χ1v) is 8.58. The van der Waals surface area contributed by atoms with Crippen LogP contribution in [0.2, 0.25) is 0 Å². The normalized spacial score (nSPS) is 17.6. The molecule has 144 valence electrons. The molecule has 27 heavy (non-hydrogen) atoms. The van der Waals surface area contributed by atoms with Gasteiger partial charge < -0.3 is 4.74 Å². The van der Waals surface area contributed by atoms with Gasteiger partial charge in [-0.25, -0.2) is 17.6 Å². The highest BCUT2D eigenvalue weighted by Gasteiger charge is 2.69. The SMILES string of the molecule is CC1(C)C(C(=O)OCc2c(F)c(F)c(F)c(-c3ccccc3)c2F)C1(C)C. The van der Waals surface area contributed by atoms with Crippen LogP contribution in [-0.2, 0) is 16.1 Å². The van der Waals surface area contributed by atoms with Gasteiger partial charge in [0.25, 0.3) is 0 Å². The van der Waals surface area contributed by atoms with Crippen molar-refractivity contribution < 1.29 is 27.1 Å². The standard InChI is InChI=1S/C21H20F4O2/c1-20(2)18(21(20,3)4)19(26)27-10-12-14(22)13(11-8-6-5-7-9-11)16(24)17(25)15(12)23/h5-9,18H,10H2,1-4H3. The third-order valence-corrected chi connectivity index (χ3v) is 6.03. The number of carbonyl (C=O) groups excluding carboxylic acids is 1. The van der Waals surface area contributed by atoms with Crippen LogP contribution in [-0.4, -0.2) is 5.97 Å². The number of carbonyl (C=O) groups is 1. The summed E-state index contributed by atoms with van der Waals surface area (Å²) < 4.78 is 62.2. The number of hydrogen-bond acceptors (Lipinski definition) is 2. The van der Waals surface area contributed by atoms with Gasteiger partial charge in [0.15, 0.2) is 17.5 Å². The Hall–Kier alpha value is -2.37. The van der Waals surface area contributed by atoms with Crippen LogP contribution in [0.15, 0.2) is 30.3 Å². The molecule has 0 aliphatic heterocycles. The van der Waals surface area contributed by atoms with Gasteiger partial charge in [-0.3, -0.25) is 4.79 Å². The highest BCUT2D eigenvalue weighted by atomic mass is 19.2. The third-order valence-electron chi connectivity index (χ3n) is 6.03. The minimum Gasteiger partial charge on any atom is -0.460 e. The summed E-state index contributed by atoms with van der Waals surface area (Å²) in [5.41, 5.74) is -2.07. The molecule has 0 atom stereocenters. The number of ether oxygens (including phenoxy) is 1. The predicted octanol–water partition coefficient (Wildman–Crippen LogP) is 5.64. The fourth-order valence-corrected chi connectivity index (χ4v) is 3.68. The minimum atomic E-state index is -1.80. The molecule has 3 rings (SSSR count). The summed E-state index contributed by atoms with van der Waals surface area (Å²) in [5, 5.41) is 0. The van der Waals surface area contributed by atoms with Crippen LogP contribution in [0, 0.1) is 40.0 Å². The molecule has 6 heteroatoms. The van der Waals surface area contributed by atoms with Crippen molar-refractivity contribution in [3.63, 3.8) is 0 Å². The molecule has 2 aromatic carbocycles. The van der Waals surface area contributed by atoms with Gasteiger partial charge in [0.1, 0.15) is 12.4 Å². The van der Waals surface area contributed by atoms with Crippen molar-refractivity contribution >= 4 is 5.97 Å². The van der Waals surface area contributed by atoms with E-state index in [9.17, 15) is 22.4 Å². The molecule has 1 aliphatic rings. The first kappa shape index (κ1) is 19.4. The fraction of sp³-hybridized carbons (Fsp3) is 0.381. The van der Waals surface area contributed by atoms with E-state index >= 15 is 0 Å². The number of hydrogen-bond donors (Lipinski definition) is 0. The zero-order valence-corrected chi connectivity index (χ0v) is 15.5.